The summed E-state index contributed by atoms with van der Waals surface area (Å²) in [5.74, 6) is 2.10. The molecule has 0 spiro atoms. The number of amides is 1. The van der Waals surface area contributed by atoms with Gasteiger partial charge in [-0.1, -0.05) is 37.6 Å². The van der Waals surface area contributed by atoms with E-state index in [0.717, 1.165) is 16.7 Å². The average Bonchev–Trinajstić information content (AvgIpc) is 3.31. The smallest absolute Gasteiger partial charge is 0.264 e. The number of carbonyl (C=O) groups excluding carboxylic acids is 1. The van der Waals surface area contributed by atoms with Gasteiger partial charge in [-0.25, -0.2) is 0 Å². The van der Waals surface area contributed by atoms with E-state index < -0.39 is 5.91 Å². The van der Waals surface area contributed by atoms with Crippen molar-refractivity contribution >= 4 is 23.4 Å². The van der Waals surface area contributed by atoms with E-state index in [1.807, 2.05) is 57.2 Å². The molecule has 0 saturated heterocycles. The summed E-state index contributed by atoms with van der Waals surface area (Å²) in [6.45, 7) is 5.65. The molecule has 200 valence electrons. The van der Waals surface area contributed by atoms with Gasteiger partial charge in [-0.05, 0) is 78.1 Å². The molecular weight excluding hydrogens is 516 g/mol. The zero-order chi connectivity index (χ0) is 28.1. The number of methoxy groups -OCH3 is 2. The summed E-state index contributed by atoms with van der Waals surface area (Å²) in [7, 11) is 3.17. The van der Waals surface area contributed by atoms with E-state index in [9.17, 15) is 10.1 Å². The lowest BCUT2D eigenvalue weighted by Gasteiger charge is -2.15. The van der Waals surface area contributed by atoms with Crippen LogP contribution in [0.5, 0.6) is 17.2 Å². The summed E-state index contributed by atoms with van der Waals surface area (Å²) in [5, 5.41) is 13.5. The summed E-state index contributed by atoms with van der Waals surface area (Å²) >= 11 is 6.29. The van der Waals surface area contributed by atoms with Crippen LogP contribution in [0.1, 0.15) is 36.5 Å². The Morgan fingerprint density at radius 2 is 1.59 bits per heavy atom. The molecule has 0 aliphatic carbocycles. The van der Waals surface area contributed by atoms with Crippen molar-refractivity contribution in [1.29, 1.82) is 5.26 Å². The number of hydrogen-bond acceptors (Lipinski definition) is 6. The van der Waals surface area contributed by atoms with Gasteiger partial charge in [0.1, 0.15) is 34.6 Å². The minimum Gasteiger partial charge on any atom is -0.497 e. The van der Waals surface area contributed by atoms with Gasteiger partial charge in [0.25, 0.3) is 5.91 Å². The van der Waals surface area contributed by atoms with E-state index >= 15 is 0 Å². The third-order valence-corrected chi connectivity index (χ3v) is 6.68. The minimum absolute atomic E-state index is 0.0408. The maximum Gasteiger partial charge on any atom is 0.264 e. The number of carbonyl (C=O) groups is 1. The lowest BCUT2D eigenvalue weighted by atomic mass is 9.98. The Kier molecular flexibility index (Phi) is 8.48. The summed E-state index contributed by atoms with van der Waals surface area (Å²) in [6, 6.07) is 20.4. The maximum absolute atomic E-state index is 13.0. The van der Waals surface area contributed by atoms with Gasteiger partial charge >= 0.3 is 0 Å². The predicted molar refractivity (Wildman–Crippen MR) is 152 cm³/mol. The number of halogens is 1. The molecule has 1 heterocycles. The first-order valence-electron chi connectivity index (χ1n) is 12.3. The normalized spacial score (nSPS) is 10.7. The Bertz CT molecular complexity index is 1520. The van der Waals surface area contributed by atoms with Crippen LogP contribution < -0.4 is 19.5 Å². The van der Waals surface area contributed by atoms with Crippen LogP contribution in [0, 0.1) is 18.3 Å². The second kappa shape index (κ2) is 12.0. The molecule has 0 radical (unpaired) electrons. The molecule has 1 N–H and O–H groups in total. The summed E-state index contributed by atoms with van der Waals surface area (Å²) in [5.41, 5.74) is 3.95. The molecule has 0 unspecified atom stereocenters. The molecule has 0 atom stereocenters. The summed E-state index contributed by atoms with van der Waals surface area (Å²) in [4.78, 5) is 13.0. The maximum atomic E-state index is 13.0. The van der Waals surface area contributed by atoms with Crippen LogP contribution in [-0.4, -0.2) is 26.7 Å². The number of nitrogens with one attached hydrogen (secondary N) is 1. The average molecular weight is 545 g/mol. The Morgan fingerprint density at radius 1 is 1.00 bits per heavy atom. The van der Waals surface area contributed by atoms with Gasteiger partial charge in [-0.15, -0.1) is 0 Å². The summed E-state index contributed by atoms with van der Waals surface area (Å²) < 4.78 is 22.6. The fraction of sp³-hybridized carbons (Fsp3) is 0.226. The molecule has 0 bridgehead atoms. The van der Waals surface area contributed by atoms with Crippen LogP contribution in [0.2, 0.25) is 5.02 Å². The molecule has 7 nitrogen and oxygen atoms in total. The molecule has 1 aromatic heterocycles. The zero-order valence-corrected chi connectivity index (χ0v) is 23.2. The molecule has 8 heteroatoms. The minimum atomic E-state index is -0.467. The first kappa shape index (κ1) is 27.6. The highest BCUT2D eigenvalue weighted by Crippen LogP contribution is 2.42. The second-order valence-corrected chi connectivity index (χ2v) is 9.62. The Balaban J connectivity index is 1.68. The highest BCUT2D eigenvalue weighted by Gasteiger charge is 2.25. The van der Waals surface area contributed by atoms with Crippen molar-refractivity contribution in [2.24, 2.45) is 0 Å². The number of ether oxygens (including phenoxy) is 3. The van der Waals surface area contributed by atoms with Gasteiger partial charge in [-0.2, -0.15) is 5.26 Å². The van der Waals surface area contributed by atoms with E-state index in [0.29, 0.717) is 39.2 Å². The van der Waals surface area contributed by atoms with E-state index in [2.05, 4.69) is 11.4 Å². The molecule has 3 aromatic carbocycles. The van der Waals surface area contributed by atoms with Crippen LogP contribution in [0.3, 0.4) is 0 Å². The number of nitrogens with zero attached hydrogens (tertiary/aromatic N) is 1. The predicted octanol–water partition coefficient (Wildman–Crippen LogP) is 7.61. The number of anilines is 1. The van der Waals surface area contributed by atoms with Gasteiger partial charge in [-0.3, -0.25) is 10.1 Å². The number of furan rings is 1. The first-order valence-corrected chi connectivity index (χ1v) is 12.7. The Labute approximate surface area is 232 Å². The topological polar surface area (TPSA) is 93.7 Å². The van der Waals surface area contributed by atoms with E-state index in [1.54, 1.807) is 38.5 Å². The van der Waals surface area contributed by atoms with Crippen molar-refractivity contribution in [2.75, 3.05) is 26.1 Å². The van der Waals surface area contributed by atoms with Gasteiger partial charge < -0.3 is 18.6 Å². The Hall–Kier alpha value is -4.41. The summed E-state index contributed by atoms with van der Waals surface area (Å²) in [6.07, 6.45) is 0. The van der Waals surface area contributed by atoms with Crippen molar-refractivity contribution in [3.63, 3.8) is 0 Å². The quantitative estimate of drug-likeness (QED) is 0.233. The lowest BCUT2D eigenvalue weighted by molar-refractivity contribution is -0.118. The van der Waals surface area contributed by atoms with Crippen molar-refractivity contribution < 1.29 is 23.4 Å². The van der Waals surface area contributed by atoms with Crippen molar-refractivity contribution in [1.82, 2.24) is 0 Å². The molecule has 0 fully saturated rings. The monoisotopic (exact) mass is 544 g/mol. The van der Waals surface area contributed by atoms with Crippen LogP contribution in [0.15, 0.2) is 65.1 Å². The lowest BCUT2D eigenvalue weighted by Crippen LogP contribution is -2.21. The third-order valence-electron chi connectivity index (χ3n) is 6.28. The van der Waals surface area contributed by atoms with Crippen molar-refractivity contribution in [3.05, 3.63) is 82.4 Å². The van der Waals surface area contributed by atoms with Crippen LogP contribution in [0.4, 0.5) is 5.88 Å². The van der Waals surface area contributed by atoms with E-state index in [1.165, 1.54) is 0 Å². The van der Waals surface area contributed by atoms with Gasteiger partial charge in [0.2, 0.25) is 5.88 Å². The van der Waals surface area contributed by atoms with Gasteiger partial charge in [0.15, 0.2) is 6.61 Å². The van der Waals surface area contributed by atoms with E-state index in [4.69, 9.17) is 30.2 Å². The number of hydrogen-bond donors (Lipinski definition) is 1. The fourth-order valence-corrected chi connectivity index (χ4v) is 4.33. The number of rotatable bonds is 9. The highest BCUT2D eigenvalue weighted by atomic mass is 35.5. The molecule has 0 aliphatic rings. The zero-order valence-electron chi connectivity index (χ0n) is 22.4. The van der Waals surface area contributed by atoms with E-state index in [-0.39, 0.29) is 24.0 Å². The molecule has 0 saturated carbocycles. The first-order chi connectivity index (χ1) is 18.7. The number of nitriles is 1. The third kappa shape index (κ3) is 6.02. The van der Waals surface area contributed by atoms with Gasteiger partial charge in [0, 0.05) is 16.1 Å². The second-order valence-electron chi connectivity index (χ2n) is 9.21. The Morgan fingerprint density at radius 3 is 2.13 bits per heavy atom. The highest BCUT2D eigenvalue weighted by molar-refractivity contribution is 6.31. The number of benzene rings is 3. The van der Waals surface area contributed by atoms with Crippen molar-refractivity contribution in [3.8, 4) is 45.8 Å². The molecule has 39 heavy (non-hydrogen) atoms. The molecule has 4 aromatic rings. The molecule has 0 aliphatic heterocycles. The van der Waals surface area contributed by atoms with Crippen molar-refractivity contribution in [2.45, 2.75) is 26.7 Å². The van der Waals surface area contributed by atoms with Crippen LogP contribution in [0.25, 0.3) is 22.5 Å². The largest absolute Gasteiger partial charge is 0.497 e. The number of aryl methyl sites for hydroxylation is 1. The van der Waals surface area contributed by atoms with Crippen LogP contribution in [-0.2, 0) is 4.79 Å². The van der Waals surface area contributed by atoms with Gasteiger partial charge in [0.05, 0.1) is 14.2 Å². The van der Waals surface area contributed by atoms with Crippen LogP contribution >= 0.6 is 11.6 Å². The fourth-order valence-electron chi connectivity index (χ4n) is 4.16. The standard InChI is InChI=1S/C31H29ClN2O5/c1-18(2)24-15-26(32)19(3)14-27(24)38-17-28(35)34-31-25(16-33)29(20-6-10-22(36-4)11-7-20)30(39-31)21-8-12-23(37-5)13-9-21/h6-15,18H,17H2,1-5H3,(H,34,35). The molecule has 1 amide bonds. The molecular formula is C31H29ClN2O5. The SMILES string of the molecule is COc1ccc(-c2oc(NC(=O)COc3cc(C)c(Cl)cc3C(C)C)c(C#N)c2-c2ccc(OC)cc2)cc1. The molecule has 4 rings (SSSR count).